The first-order chi connectivity index (χ1) is 8.63. The standard InChI is InChI=1S/C13H23N3O2/c1-15-12(17)11-4-2-3-7-16(11)13(18)9-5-6-10(14)8-9/h9-11H,2-8,14H2,1H3,(H,15,17). The molecule has 3 unspecified atom stereocenters. The van der Waals surface area contributed by atoms with E-state index < -0.39 is 0 Å². The topological polar surface area (TPSA) is 75.4 Å². The molecule has 0 aromatic carbocycles. The zero-order valence-corrected chi connectivity index (χ0v) is 11.0. The average molecular weight is 253 g/mol. The zero-order chi connectivity index (χ0) is 13.1. The third-order valence-corrected chi connectivity index (χ3v) is 4.16. The summed E-state index contributed by atoms with van der Waals surface area (Å²) in [6.45, 7) is 0.711. The Morgan fingerprint density at radius 2 is 2.00 bits per heavy atom. The maximum atomic E-state index is 12.5. The highest BCUT2D eigenvalue weighted by atomic mass is 16.2. The highest BCUT2D eigenvalue weighted by molar-refractivity contribution is 5.88. The molecule has 102 valence electrons. The molecule has 2 aliphatic rings. The van der Waals surface area contributed by atoms with Gasteiger partial charge in [-0.3, -0.25) is 9.59 Å². The van der Waals surface area contributed by atoms with Crippen molar-refractivity contribution in [1.29, 1.82) is 0 Å². The van der Waals surface area contributed by atoms with E-state index in [1.54, 1.807) is 11.9 Å². The smallest absolute Gasteiger partial charge is 0.242 e. The van der Waals surface area contributed by atoms with Gasteiger partial charge in [0.15, 0.2) is 0 Å². The molecule has 0 bridgehead atoms. The van der Waals surface area contributed by atoms with Gasteiger partial charge in [-0.2, -0.15) is 0 Å². The van der Waals surface area contributed by atoms with Gasteiger partial charge in [0.1, 0.15) is 6.04 Å². The Kier molecular flexibility index (Phi) is 4.22. The van der Waals surface area contributed by atoms with Crippen LogP contribution in [0.1, 0.15) is 38.5 Å². The Morgan fingerprint density at radius 3 is 2.61 bits per heavy atom. The van der Waals surface area contributed by atoms with Crippen molar-refractivity contribution in [1.82, 2.24) is 10.2 Å². The number of likely N-dealkylation sites (tertiary alicyclic amines) is 1. The van der Waals surface area contributed by atoms with Crippen molar-refractivity contribution >= 4 is 11.8 Å². The van der Waals surface area contributed by atoms with E-state index in [4.69, 9.17) is 5.73 Å². The lowest BCUT2D eigenvalue weighted by atomic mass is 9.97. The molecule has 2 amide bonds. The molecule has 0 aromatic rings. The molecule has 3 atom stereocenters. The van der Waals surface area contributed by atoms with Gasteiger partial charge in [0.25, 0.3) is 0 Å². The fourth-order valence-electron chi connectivity index (χ4n) is 3.11. The van der Waals surface area contributed by atoms with Gasteiger partial charge in [-0.25, -0.2) is 0 Å². The average Bonchev–Trinajstić information content (AvgIpc) is 2.83. The molecule has 1 aliphatic carbocycles. The molecular weight excluding hydrogens is 230 g/mol. The normalized spacial score (nSPS) is 32.3. The number of hydrogen-bond donors (Lipinski definition) is 2. The molecule has 5 heteroatoms. The van der Waals surface area contributed by atoms with E-state index in [1.807, 2.05) is 0 Å². The van der Waals surface area contributed by atoms with Crippen molar-refractivity contribution in [3.05, 3.63) is 0 Å². The molecule has 0 aromatic heterocycles. The predicted octanol–water partition coefficient (Wildman–Crippen LogP) is 0.241. The van der Waals surface area contributed by atoms with E-state index in [0.717, 1.165) is 38.5 Å². The summed E-state index contributed by atoms with van der Waals surface area (Å²) in [4.78, 5) is 26.1. The Labute approximate surface area is 108 Å². The van der Waals surface area contributed by atoms with Gasteiger partial charge in [0.05, 0.1) is 0 Å². The van der Waals surface area contributed by atoms with Crippen LogP contribution in [-0.2, 0) is 9.59 Å². The molecule has 1 heterocycles. The molecule has 1 aliphatic heterocycles. The number of likely N-dealkylation sites (N-methyl/N-ethyl adjacent to an activating group) is 1. The number of carbonyl (C=O) groups excluding carboxylic acids is 2. The fourth-order valence-corrected chi connectivity index (χ4v) is 3.11. The van der Waals surface area contributed by atoms with Crippen LogP contribution in [-0.4, -0.2) is 42.4 Å². The summed E-state index contributed by atoms with van der Waals surface area (Å²) in [5.74, 6) is 0.131. The highest BCUT2D eigenvalue weighted by Gasteiger charge is 2.37. The molecule has 2 fully saturated rings. The van der Waals surface area contributed by atoms with E-state index in [2.05, 4.69) is 5.32 Å². The Morgan fingerprint density at radius 1 is 1.22 bits per heavy atom. The van der Waals surface area contributed by atoms with Crippen LogP contribution in [0, 0.1) is 5.92 Å². The maximum absolute atomic E-state index is 12.5. The Balaban J connectivity index is 2.04. The van der Waals surface area contributed by atoms with E-state index in [1.165, 1.54) is 0 Å². The summed E-state index contributed by atoms with van der Waals surface area (Å²) in [6, 6.07) is -0.115. The summed E-state index contributed by atoms with van der Waals surface area (Å²) >= 11 is 0. The number of amides is 2. The lowest BCUT2D eigenvalue weighted by Crippen LogP contribution is -2.52. The third kappa shape index (κ3) is 2.66. The molecule has 0 spiro atoms. The van der Waals surface area contributed by atoms with Crippen LogP contribution in [0.5, 0.6) is 0 Å². The van der Waals surface area contributed by atoms with Crippen LogP contribution in [0.4, 0.5) is 0 Å². The number of carbonyl (C=O) groups is 2. The van der Waals surface area contributed by atoms with Crippen molar-refractivity contribution in [3.8, 4) is 0 Å². The molecule has 1 saturated heterocycles. The minimum Gasteiger partial charge on any atom is -0.357 e. The SMILES string of the molecule is CNC(=O)C1CCCCN1C(=O)C1CCC(N)C1. The largest absolute Gasteiger partial charge is 0.357 e. The summed E-state index contributed by atoms with van der Waals surface area (Å²) < 4.78 is 0. The van der Waals surface area contributed by atoms with E-state index in [-0.39, 0.29) is 29.8 Å². The van der Waals surface area contributed by atoms with E-state index >= 15 is 0 Å². The van der Waals surface area contributed by atoms with Gasteiger partial charge in [0.2, 0.25) is 11.8 Å². The van der Waals surface area contributed by atoms with E-state index in [0.29, 0.717) is 6.54 Å². The third-order valence-electron chi connectivity index (χ3n) is 4.16. The van der Waals surface area contributed by atoms with Crippen LogP contribution < -0.4 is 11.1 Å². The fraction of sp³-hybridized carbons (Fsp3) is 0.846. The van der Waals surface area contributed by atoms with Gasteiger partial charge in [0, 0.05) is 25.6 Å². The van der Waals surface area contributed by atoms with Gasteiger partial charge in [-0.05, 0) is 38.5 Å². The van der Waals surface area contributed by atoms with Crippen LogP contribution in [0.15, 0.2) is 0 Å². The Bertz CT molecular complexity index is 332. The lowest BCUT2D eigenvalue weighted by Gasteiger charge is -2.36. The van der Waals surface area contributed by atoms with Crippen LogP contribution in [0.2, 0.25) is 0 Å². The second-order valence-electron chi connectivity index (χ2n) is 5.43. The number of rotatable bonds is 2. The Hall–Kier alpha value is -1.10. The summed E-state index contributed by atoms with van der Waals surface area (Å²) in [6.07, 6.45) is 5.37. The summed E-state index contributed by atoms with van der Waals surface area (Å²) in [5, 5.41) is 2.66. The first-order valence-corrected chi connectivity index (χ1v) is 6.91. The van der Waals surface area contributed by atoms with Crippen LogP contribution in [0.25, 0.3) is 0 Å². The molecular formula is C13H23N3O2. The van der Waals surface area contributed by atoms with Crippen molar-refractivity contribution in [2.45, 2.75) is 50.6 Å². The van der Waals surface area contributed by atoms with Crippen LogP contribution >= 0.6 is 0 Å². The highest BCUT2D eigenvalue weighted by Crippen LogP contribution is 2.28. The van der Waals surface area contributed by atoms with Crippen molar-refractivity contribution in [2.75, 3.05) is 13.6 Å². The minimum atomic E-state index is -0.270. The lowest BCUT2D eigenvalue weighted by molar-refractivity contribution is -0.145. The number of piperidine rings is 1. The van der Waals surface area contributed by atoms with Gasteiger partial charge in [-0.15, -0.1) is 0 Å². The zero-order valence-electron chi connectivity index (χ0n) is 11.0. The second-order valence-corrected chi connectivity index (χ2v) is 5.43. The van der Waals surface area contributed by atoms with Gasteiger partial charge < -0.3 is 16.0 Å². The van der Waals surface area contributed by atoms with Crippen LogP contribution in [0.3, 0.4) is 0 Å². The number of nitrogens with two attached hydrogens (primary N) is 1. The van der Waals surface area contributed by atoms with Gasteiger partial charge in [-0.1, -0.05) is 0 Å². The first-order valence-electron chi connectivity index (χ1n) is 6.91. The number of nitrogens with zero attached hydrogens (tertiary/aromatic N) is 1. The van der Waals surface area contributed by atoms with E-state index in [9.17, 15) is 9.59 Å². The maximum Gasteiger partial charge on any atom is 0.242 e. The van der Waals surface area contributed by atoms with Gasteiger partial charge >= 0.3 is 0 Å². The molecule has 18 heavy (non-hydrogen) atoms. The first kappa shape index (κ1) is 13.3. The summed E-state index contributed by atoms with van der Waals surface area (Å²) in [5.41, 5.74) is 5.86. The molecule has 3 N–H and O–H groups in total. The molecule has 2 rings (SSSR count). The number of nitrogens with one attached hydrogen (secondary N) is 1. The quantitative estimate of drug-likeness (QED) is 0.740. The van der Waals surface area contributed by atoms with Crippen molar-refractivity contribution in [2.24, 2.45) is 11.7 Å². The summed E-state index contributed by atoms with van der Waals surface area (Å²) in [7, 11) is 1.63. The number of hydrogen-bond acceptors (Lipinski definition) is 3. The minimum absolute atomic E-state index is 0.0326. The molecule has 1 saturated carbocycles. The van der Waals surface area contributed by atoms with Crippen molar-refractivity contribution in [3.63, 3.8) is 0 Å². The monoisotopic (exact) mass is 253 g/mol. The predicted molar refractivity (Wildman–Crippen MR) is 68.7 cm³/mol. The second kappa shape index (κ2) is 5.69. The molecule has 5 nitrogen and oxygen atoms in total. The molecule has 0 radical (unpaired) electrons. The van der Waals surface area contributed by atoms with Crippen molar-refractivity contribution < 1.29 is 9.59 Å².